The van der Waals surface area contributed by atoms with Crippen LogP contribution in [0.15, 0.2) is 0 Å². The highest BCUT2D eigenvalue weighted by Gasteiger charge is 2.59. The zero-order valence-corrected chi connectivity index (χ0v) is 16.5. The Morgan fingerprint density at radius 1 is 0.536 bits per heavy atom. The Labute approximate surface area is 154 Å². The van der Waals surface area contributed by atoms with Crippen molar-refractivity contribution in [1.82, 2.24) is 0 Å². The molecule has 1 rings (SSSR count). The van der Waals surface area contributed by atoms with Crippen molar-refractivity contribution in [3.05, 3.63) is 0 Å². The Balaban J connectivity index is 3.47. The van der Waals surface area contributed by atoms with Crippen LogP contribution in [-0.4, -0.2) is 80.9 Å². The molecule has 0 aliphatic heterocycles. The minimum Gasteiger partial charge on any atom is -0.387 e. The van der Waals surface area contributed by atoms with Gasteiger partial charge in [0.15, 0.2) is 6.17 Å². The minimum atomic E-state index is -5.67. The second kappa shape index (κ2) is 8.83. The number of halogens is 1. The van der Waals surface area contributed by atoms with Gasteiger partial charge >= 0.3 is 31.3 Å². The Kier molecular flexibility index (Phi) is 8.31. The van der Waals surface area contributed by atoms with Crippen LogP contribution < -0.4 is 0 Å². The average Bonchev–Trinajstić information content (AvgIpc) is 2.39. The van der Waals surface area contributed by atoms with Gasteiger partial charge in [-0.2, -0.15) is 0 Å². The number of hydrogen-bond acceptors (Lipinski definition) is 9. The van der Waals surface area contributed by atoms with Gasteiger partial charge in [-0.3, -0.25) is 18.1 Å². The largest absolute Gasteiger partial charge is 0.470 e. The predicted molar refractivity (Wildman–Crippen MR) is 78.6 cm³/mol. The van der Waals surface area contributed by atoms with E-state index in [9.17, 15) is 27.8 Å². The van der Waals surface area contributed by atoms with Gasteiger partial charge in [0.2, 0.25) is 0 Å². The molecule has 0 heterocycles. The molecule has 0 amide bonds. The first-order valence-corrected chi connectivity index (χ1v) is 12.6. The summed E-state index contributed by atoms with van der Waals surface area (Å²) >= 11 is 0. The summed E-state index contributed by atoms with van der Waals surface area (Å²) in [5.74, 6) is 0. The molecule has 168 valence electrons. The molecule has 1 aliphatic rings. The third-order valence-electron chi connectivity index (χ3n) is 2.98. The van der Waals surface area contributed by atoms with E-state index < -0.39 is 68.0 Å². The van der Waals surface area contributed by atoms with E-state index in [-0.39, 0.29) is 0 Å². The molecule has 1 saturated carbocycles. The van der Waals surface area contributed by atoms with E-state index in [4.69, 9.17) is 39.1 Å². The van der Waals surface area contributed by atoms with Gasteiger partial charge in [-0.1, -0.05) is 0 Å². The van der Waals surface area contributed by atoms with Gasteiger partial charge in [0.25, 0.3) is 0 Å². The molecule has 0 aromatic carbocycles. The third-order valence-corrected chi connectivity index (χ3v) is 5.06. The normalized spacial score (nSPS) is 33.1. The van der Waals surface area contributed by atoms with Gasteiger partial charge in [0, 0.05) is 0 Å². The maximum absolute atomic E-state index is 14.7. The van der Waals surface area contributed by atoms with E-state index in [1.165, 1.54) is 0 Å². The lowest BCUT2D eigenvalue weighted by Gasteiger charge is -2.44. The SMILES string of the molecule is O=P(O)(O)O[C@@H]1C(O)[C@@H](OP(=O)(O)O)[C@H](OP(=O)(O)O)C(F)[C@H]1OP(=O)(O)O. The van der Waals surface area contributed by atoms with Crippen LogP contribution in [0.5, 0.6) is 0 Å². The van der Waals surface area contributed by atoms with Crippen molar-refractivity contribution < 1.29 is 85.0 Å². The maximum atomic E-state index is 14.7. The first-order chi connectivity index (χ1) is 12.2. The highest BCUT2D eigenvalue weighted by atomic mass is 31.2. The van der Waals surface area contributed by atoms with Crippen LogP contribution in [0.25, 0.3) is 0 Å². The molecule has 0 aromatic rings. The van der Waals surface area contributed by atoms with Crippen LogP contribution in [-0.2, 0) is 36.4 Å². The molecule has 1 fully saturated rings. The topological polar surface area (TPSA) is 287 Å². The van der Waals surface area contributed by atoms with Crippen molar-refractivity contribution in [1.29, 1.82) is 0 Å². The summed E-state index contributed by atoms with van der Waals surface area (Å²) in [7, 11) is -22.6. The Morgan fingerprint density at radius 3 is 0.964 bits per heavy atom. The summed E-state index contributed by atoms with van der Waals surface area (Å²) in [5, 5.41) is 10.0. The molecule has 1 aliphatic carbocycles. The van der Waals surface area contributed by atoms with Crippen molar-refractivity contribution in [2.45, 2.75) is 36.7 Å². The smallest absolute Gasteiger partial charge is 0.387 e. The zero-order valence-electron chi connectivity index (χ0n) is 12.9. The molecule has 9 N–H and O–H groups in total. The second-order valence-corrected chi connectivity index (χ2v) is 9.95. The lowest BCUT2D eigenvalue weighted by atomic mass is 9.86. The molecule has 0 saturated heterocycles. The van der Waals surface area contributed by atoms with E-state index in [1.807, 2.05) is 0 Å². The number of alkyl halides is 1. The van der Waals surface area contributed by atoms with Crippen molar-refractivity contribution in [3.8, 4) is 0 Å². The van der Waals surface area contributed by atoms with Crippen molar-refractivity contribution >= 4 is 31.3 Å². The van der Waals surface area contributed by atoms with Gasteiger partial charge in [0.1, 0.15) is 30.5 Å². The number of phosphoric ester groups is 4. The number of rotatable bonds is 8. The van der Waals surface area contributed by atoms with Crippen molar-refractivity contribution in [2.75, 3.05) is 0 Å². The highest BCUT2D eigenvalue weighted by molar-refractivity contribution is 7.47. The molecular weight excluding hydrogens is 487 g/mol. The van der Waals surface area contributed by atoms with E-state index >= 15 is 0 Å². The van der Waals surface area contributed by atoms with E-state index in [0.717, 1.165) is 0 Å². The van der Waals surface area contributed by atoms with Gasteiger partial charge in [0.05, 0.1) is 0 Å². The van der Waals surface area contributed by atoms with Gasteiger partial charge in [-0.05, 0) is 0 Å². The first kappa shape index (κ1) is 26.4. The van der Waals surface area contributed by atoms with Crippen LogP contribution in [0, 0.1) is 0 Å². The fraction of sp³-hybridized carbons (Fsp3) is 1.00. The first-order valence-electron chi connectivity index (χ1n) is 6.48. The fourth-order valence-corrected chi connectivity index (χ4v) is 4.47. The quantitative estimate of drug-likeness (QED) is 0.156. The summed E-state index contributed by atoms with van der Waals surface area (Å²) in [4.78, 5) is 70.5. The maximum Gasteiger partial charge on any atom is 0.470 e. The summed E-state index contributed by atoms with van der Waals surface area (Å²) in [5.41, 5.74) is 0. The van der Waals surface area contributed by atoms with Gasteiger partial charge < -0.3 is 44.3 Å². The molecule has 17 nitrogen and oxygen atoms in total. The van der Waals surface area contributed by atoms with Crippen LogP contribution >= 0.6 is 31.3 Å². The Morgan fingerprint density at radius 2 is 0.750 bits per heavy atom. The van der Waals surface area contributed by atoms with Crippen LogP contribution in [0.4, 0.5) is 4.39 Å². The zero-order chi connectivity index (χ0) is 22.3. The lowest BCUT2D eigenvalue weighted by Crippen LogP contribution is -2.64. The van der Waals surface area contributed by atoms with Crippen LogP contribution in [0.1, 0.15) is 0 Å². The van der Waals surface area contributed by atoms with E-state index in [0.29, 0.717) is 0 Å². The summed E-state index contributed by atoms with van der Waals surface area (Å²) in [6, 6.07) is 0. The fourth-order valence-electron chi connectivity index (χ4n) is 2.24. The van der Waals surface area contributed by atoms with E-state index in [1.54, 1.807) is 0 Å². The summed E-state index contributed by atoms with van der Waals surface area (Å²) in [6.45, 7) is 0. The number of aliphatic hydroxyl groups excluding tert-OH is 1. The average molecular weight is 502 g/mol. The van der Waals surface area contributed by atoms with Crippen LogP contribution in [0.3, 0.4) is 0 Å². The van der Waals surface area contributed by atoms with Crippen molar-refractivity contribution in [3.63, 3.8) is 0 Å². The third kappa shape index (κ3) is 8.60. The minimum absolute atomic E-state index is 2.74. The standard InChI is InChI=1S/C6H15FO17P4/c7-1-3(21-25(9,10)11)5(23-27(15,16)17)2(8)6(24-28(18,19)20)4(1)22-26(12,13)14/h1-6,8H,(H2,9,10,11)(H2,12,13,14)(H2,15,16,17)(H2,18,19,20)/t1?,2?,3-,4-,5-,6-/m1/s1. The molecule has 0 aromatic heterocycles. The van der Waals surface area contributed by atoms with Gasteiger partial charge in [-0.15, -0.1) is 0 Å². The number of phosphoric acid groups is 4. The molecule has 4 atom stereocenters. The lowest BCUT2D eigenvalue weighted by molar-refractivity contribution is -0.192. The number of aliphatic hydroxyl groups is 1. The van der Waals surface area contributed by atoms with Gasteiger partial charge in [-0.25, -0.2) is 22.7 Å². The number of hydrogen-bond donors (Lipinski definition) is 9. The monoisotopic (exact) mass is 502 g/mol. The predicted octanol–water partition coefficient (Wildman–Crippen LogP) is -2.39. The summed E-state index contributed by atoms with van der Waals surface area (Å²) < 4.78 is 74.5. The Hall–Kier alpha value is 0.330. The van der Waals surface area contributed by atoms with Crippen LogP contribution in [0.2, 0.25) is 0 Å². The molecule has 0 unspecified atom stereocenters. The molecular formula is C6H15FO17P4. The second-order valence-electron chi connectivity index (χ2n) is 5.18. The highest BCUT2D eigenvalue weighted by Crippen LogP contribution is 2.52. The molecule has 28 heavy (non-hydrogen) atoms. The van der Waals surface area contributed by atoms with E-state index in [2.05, 4.69) is 18.1 Å². The Bertz CT molecular complexity index is 610. The molecule has 22 heteroatoms. The molecule has 0 spiro atoms. The summed E-state index contributed by atoms with van der Waals surface area (Å²) in [6.07, 6.45) is -17.1. The molecule has 0 radical (unpaired) electrons. The molecule has 0 bridgehead atoms. The van der Waals surface area contributed by atoms with Crippen molar-refractivity contribution in [2.24, 2.45) is 0 Å².